The van der Waals surface area contributed by atoms with Gasteiger partial charge in [0.05, 0.1) is 6.20 Å². The number of aromatic hydroxyl groups is 1. The van der Waals surface area contributed by atoms with Crippen LogP contribution in [0, 0.1) is 0 Å². The molecule has 1 aromatic rings. The fourth-order valence-corrected chi connectivity index (χ4v) is 2.55. The van der Waals surface area contributed by atoms with Crippen LogP contribution in [0.15, 0.2) is 17.1 Å². The van der Waals surface area contributed by atoms with Crippen LogP contribution >= 0.6 is 0 Å². The summed E-state index contributed by atoms with van der Waals surface area (Å²) < 4.78 is 2.04. The summed E-state index contributed by atoms with van der Waals surface area (Å²) >= 11 is 0. The predicted octanol–water partition coefficient (Wildman–Crippen LogP) is 1.27. The van der Waals surface area contributed by atoms with Gasteiger partial charge in [0, 0.05) is 50.5 Å². The van der Waals surface area contributed by atoms with Gasteiger partial charge < -0.3 is 14.6 Å². The molecule has 112 valence electrons. The maximum atomic E-state index is 11.7. The van der Waals surface area contributed by atoms with Gasteiger partial charge >= 0.3 is 0 Å². The average molecular weight is 279 g/mol. The summed E-state index contributed by atoms with van der Waals surface area (Å²) in [6.45, 7) is 9.15. The van der Waals surface area contributed by atoms with Gasteiger partial charge in [0.15, 0.2) is 5.75 Å². The summed E-state index contributed by atoms with van der Waals surface area (Å²) in [5.74, 6) is -0.160. The third kappa shape index (κ3) is 3.41. The van der Waals surface area contributed by atoms with E-state index in [0.29, 0.717) is 0 Å². The van der Waals surface area contributed by atoms with Crippen molar-refractivity contribution in [3.8, 4) is 5.75 Å². The summed E-state index contributed by atoms with van der Waals surface area (Å²) in [6.07, 6.45) is 2.56. The van der Waals surface area contributed by atoms with Crippen molar-refractivity contribution >= 4 is 0 Å². The molecular weight excluding hydrogens is 254 g/mol. The van der Waals surface area contributed by atoms with Gasteiger partial charge in [-0.1, -0.05) is 6.92 Å². The van der Waals surface area contributed by atoms with E-state index >= 15 is 0 Å². The molecule has 1 unspecified atom stereocenters. The smallest absolute Gasteiger partial charge is 0.223 e. The van der Waals surface area contributed by atoms with E-state index in [1.54, 1.807) is 12.3 Å². The van der Waals surface area contributed by atoms with Gasteiger partial charge in [0.1, 0.15) is 0 Å². The van der Waals surface area contributed by atoms with Crippen LogP contribution in [-0.2, 0) is 6.54 Å². The fraction of sp³-hybridized carbons (Fsp3) is 0.667. The first-order valence-electron chi connectivity index (χ1n) is 7.36. The highest BCUT2D eigenvalue weighted by Crippen LogP contribution is 2.17. The zero-order valence-corrected chi connectivity index (χ0v) is 12.7. The Morgan fingerprint density at radius 2 is 1.95 bits per heavy atom. The molecule has 5 heteroatoms. The Hall–Kier alpha value is -1.33. The molecule has 1 aromatic heterocycles. The van der Waals surface area contributed by atoms with Crippen molar-refractivity contribution in [1.82, 2.24) is 14.4 Å². The third-order valence-electron chi connectivity index (χ3n) is 4.19. The molecule has 0 spiro atoms. The van der Waals surface area contributed by atoms with Crippen LogP contribution in [0.3, 0.4) is 0 Å². The Balaban J connectivity index is 2.21. The molecule has 2 rings (SSSR count). The van der Waals surface area contributed by atoms with E-state index in [-0.39, 0.29) is 17.2 Å². The van der Waals surface area contributed by atoms with E-state index in [4.69, 9.17) is 0 Å². The van der Waals surface area contributed by atoms with Crippen molar-refractivity contribution in [1.29, 1.82) is 0 Å². The van der Waals surface area contributed by atoms with E-state index in [0.717, 1.165) is 44.8 Å². The molecule has 1 fully saturated rings. The van der Waals surface area contributed by atoms with E-state index in [9.17, 15) is 9.90 Å². The van der Waals surface area contributed by atoms with Crippen LogP contribution in [0.25, 0.3) is 0 Å². The Bertz CT molecular complexity index is 504. The lowest BCUT2D eigenvalue weighted by Crippen LogP contribution is -2.44. The van der Waals surface area contributed by atoms with Gasteiger partial charge in [-0.2, -0.15) is 0 Å². The second kappa shape index (κ2) is 6.41. The van der Waals surface area contributed by atoms with Gasteiger partial charge in [-0.3, -0.25) is 9.69 Å². The number of hydrogen-bond acceptors (Lipinski definition) is 4. The molecule has 0 bridgehead atoms. The lowest BCUT2D eigenvalue weighted by Gasteiger charge is -2.33. The monoisotopic (exact) mass is 279 g/mol. The second-order valence-electron chi connectivity index (χ2n) is 5.76. The summed E-state index contributed by atoms with van der Waals surface area (Å²) in [7, 11) is 2.13. The van der Waals surface area contributed by atoms with Crippen molar-refractivity contribution in [3.63, 3.8) is 0 Å². The van der Waals surface area contributed by atoms with Crippen molar-refractivity contribution in [2.75, 3.05) is 33.2 Å². The second-order valence-corrected chi connectivity index (χ2v) is 5.76. The molecular formula is C15H25N3O2. The van der Waals surface area contributed by atoms with Crippen molar-refractivity contribution in [2.45, 2.75) is 32.9 Å². The number of aromatic nitrogens is 1. The largest absolute Gasteiger partial charge is 0.503 e. The lowest BCUT2D eigenvalue weighted by atomic mass is 10.2. The van der Waals surface area contributed by atoms with Gasteiger partial charge in [0.25, 0.3) is 0 Å². The minimum Gasteiger partial charge on any atom is -0.503 e. The molecule has 5 nitrogen and oxygen atoms in total. The SMILES string of the molecule is CCC(C)n1cc(O)c(=O)cc1CN1CCN(C)CC1. The number of pyridine rings is 1. The minimum absolute atomic E-state index is 0.160. The van der Waals surface area contributed by atoms with Gasteiger partial charge in [0.2, 0.25) is 5.43 Å². The summed E-state index contributed by atoms with van der Waals surface area (Å²) in [6, 6.07) is 1.86. The Labute approximate surface area is 120 Å². The molecule has 1 N–H and O–H groups in total. The molecule has 1 atom stereocenters. The highest BCUT2D eigenvalue weighted by molar-refractivity contribution is 5.21. The van der Waals surface area contributed by atoms with Gasteiger partial charge in [-0.15, -0.1) is 0 Å². The highest BCUT2D eigenvalue weighted by atomic mass is 16.3. The number of likely N-dealkylation sites (N-methyl/N-ethyl adjacent to an activating group) is 1. The van der Waals surface area contributed by atoms with Crippen LogP contribution in [0.2, 0.25) is 0 Å². The van der Waals surface area contributed by atoms with Crippen LogP contribution < -0.4 is 5.43 Å². The van der Waals surface area contributed by atoms with E-state index in [1.807, 2.05) is 4.57 Å². The fourth-order valence-electron chi connectivity index (χ4n) is 2.55. The first kappa shape index (κ1) is 15.1. The van der Waals surface area contributed by atoms with Crippen molar-refractivity contribution < 1.29 is 5.11 Å². The zero-order chi connectivity index (χ0) is 14.7. The summed E-state index contributed by atoms with van der Waals surface area (Å²) in [4.78, 5) is 16.4. The summed E-state index contributed by atoms with van der Waals surface area (Å²) in [5.41, 5.74) is 0.709. The molecule has 20 heavy (non-hydrogen) atoms. The normalized spacial score (nSPS) is 19.1. The van der Waals surface area contributed by atoms with Gasteiger partial charge in [-0.05, 0) is 20.4 Å². The van der Waals surface area contributed by atoms with Crippen LogP contribution in [0.5, 0.6) is 5.75 Å². The van der Waals surface area contributed by atoms with E-state index in [1.165, 1.54) is 0 Å². The van der Waals surface area contributed by atoms with E-state index < -0.39 is 0 Å². The maximum Gasteiger partial charge on any atom is 0.223 e. The van der Waals surface area contributed by atoms with Gasteiger partial charge in [-0.25, -0.2) is 0 Å². The molecule has 0 aromatic carbocycles. The van der Waals surface area contributed by atoms with E-state index in [2.05, 4.69) is 30.7 Å². The average Bonchev–Trinajstić information content (AvgIpc) is 2.44. The van der Waals surface area contributed by atoms with Crippen LogP contribution in [0.1, 0.15) is 32.0 Å². The number of nitrogens with zero attached hydrogens (tertiary/aromatic N) is 3. The first-order chi connectivity index (χ1) is 9.51. The topological polar surface area (TPSA) is 48.7 Å². The van der Waals surface area contributed by atoms with Crippen LogP contribution in [0.4, 0.5) is 0 Å². The molecule has 0 radical (unpaired) electrons. The zero-order valence-electron chi connectivity index (χ0n) is 12.7. The molecule has 0 aliphatic carbocycles. The molecule has 1 saturated heterocycles. The third-order valence-corrected chi connectivity index (χ3v) is 4.19. The quantitative estimate of drug-likeness (QED) is 0.902. The molecule has 0 saturated carbocycles. The number of hydrogen-bond donors (Lipinski definition) is 1. The highest BCUT2D eigenvalue weighted by Gasteiger charge is 2.17. The van der Waals surface area contributed by atoms with Crippen molar-refractivity contribution in [2.24, 2.45) is 0 Å². The molecule has 2 heterocycles. The number of rotatable bonds is 4. The first-order valence-corrected chi connectivity index (χ1v) is 7.36. The minimum atomic E-state index is -0.284. The van der Waals surface area contributed by atoms with Crippen LogP contribution in [-0.4, -0.2) is 52.7 Å². The molecule has 1 aliphatic heterocycles. The lowest BCUT2D eigenvalue weighted by molar-refractivity contribution is 0.144. The molecule has 0 amide bonds. The Kier molecular flexibility index (Phi) is 4.83. The maximum absolute atomic E-state index is 11.7. The standard InChI is InChI=1S/C15H25N3O2/c1-4-12(2)18-11-15(20)14(19)9-13(18)10-17-7-5-16(3)6-8-17/h9,11-12,20H,4-8,10H2,1-3H3. The van der Waals surface area contributed by atoms with Crippen molar-refractivity contribution in [3.05, 3.63) is 28.2 Å². The molecule has 1 aliphatic rings. The summed E-state index contributed by atoms with van der Waals surface area (Å²) in [5, 5.41) is 9.66. The predicted molar refractivity (Wildman–Crippen MR) is 80.1 cm³/mol. The Morgan fingerprint density at radius 3 is 2.55 bits per heavy atom. The number of piperazine rings is 1. The Morgan fingerprint density at radius 1 is 1.30 bits per heavy atom.